The molecule has 0 bridgehead atoms. The molecule has 4 nitrogen and oxygen atoms in total. The summed E-state index contributed by atoms with van der Waals surface area (Å²) in [5, 5.41) is 0. The van der Waals surface area contributed by atoms with Gasteiger partial charge in [-0.2, -0.15) is 0 Å². The van der Waals surface area contributed by atoms with E-state index in [1.54, 1.807) is 0 Å². The number of carbonyl (C=O) groups is 1. The van der Waals surface area contributed by atoms with Crippen LogP contribution in [0.4, 0.5) is 0 Å². The van der Waals surface area contributed by atoms with Gasteiger partial charge in [0, 0.05) is 19.1 Å². The number of hydrogen-bond acceptors (Lipinski definition) is 3. The largest absolute Gasteiger partial charge is 0.340 e. The van der Waals surface area contributed by atoms with Crippen LogP contribution in [-0.4, -0.2) is 55.0 Å². The zero-order chi connectivity index (χ0) is 13.2. The molecule has 2 atom stereocenters. The maximum absolute atomic E-state index is 12.3. The highest BCUT2D eigenvalue weighted by atomic mass is 35.5. The van der Waals surface area contributed by atoms with Crippen LogP contribution >= 0.6 is 24.8 Å². The Kier molecular flexibility index (Phi) is 9.29. The van der Waals surface area contributed by atoms with E-state index in [2.05, 4.69) is 19.0 Å². The first-order valence-electron chi connectivity index (χ1n) is 6.44. The van der Waals surface area contributed by atoms with E-state index in [9.17, 15) is 4.79 Å². The molecule has 1 rings (SSSR count). The van der Waals surface area contributed by atoms with Crippen LogP contribution in [0.25, 0.3) is 0 Å². The molecule has 1 aliphatic rings. The SMILES string of the molecule is CN(C)C1CCCN(C(=O)[C@@H](N)C(C)(C)C)C1.Cl.Cl. The second-order valence-electron chi connectivity index (χ2n) is 6.39. The third kappa shape index (κ3) is 5.86. The molecule has 0 aromatic carbocycles. The lowest BCUT2D eigenvalue weighted by Gasteiger charge is -2.39. The van der Waals surface area contributed by atoms with Crippen molar-refractivity contribution in [3.05, 3.63) is 0 Å². The van der Waals surface area contributed by atoms with Gasteiger partial charge in [-0.3, -0.25) is 4.79 Å². The van der Waals surface area contributed by atoms with Crippen molar-refractivity contribution in [1.29, 1.82) is 0 Å². The van der Waals surface area contributed by atoms with E-state index in [-0.39, 0.29) is 36.1 Å². The minimum atomic E-state index is -0.400. The van der Waals surface area contributed by atoms with Crippen LogP contribution in [-0.2, 0) is 4.79 Å². The molecule has 0 spiro atoms. The molecule has 1 saturated heterocycles. The molecule has 2 N–H and O–H groups in total. The number of likely N-dealkylation sites (tertiary alicyclic amines) is 1. The number of halogens is 2. The molecule has 116 valence electrons. The van der Waals surface area contributed by atoms with E-state index in [1.165, 1.54) is 6.42 Å². The molecular weight excluding hydrogens is 285 g/mol. The van der Waals surface area contributed by atoms with Gasteiger partial charge in [0.05, 0.1) is 6.04 Å². The van der Waals surface area contributed by atoms with Crippen LogP contribution < -0.4 is 5.73 Å². The molecule has 0 aromatic rings. The fourth-order valence-corrected chi connectivity index (χ4v) is 2.14. The van der Waals surface area contributed by atoms with Crippen molar-refractivity contribution in [1.82, 2.24) is 9.80 Å². The first-order valence-corrected chi connectivity index (χ1v) is 6.44. The van der Waals surface area contributed by atoms with E-state index >= 15 is 0 Å². The van der Waals surface area contributed by atoms with Crippen LogP contribution in [0, 0.1) is 5.41 Å². The maximum Gasteiger partial charge on any atom is 0.240 e. The fourth-order valence-electron chi connectivity index (χ4n) is 2.14. The molecule has 0 aliphatic carbocycles. The molecule has 19 heavy (non-hydrogen) atoms. The molecule has 1 aliphatic heterocycles. The Balaban J connectivity index is 0. The highest BCUT2D eigenvalue weighted by Crippen LogP contribution is 2.21. The lowest BCUT2D eigenvalue weighted by molar-refractivity contribution is -0.136. The van der Waals surface area contributed by atoms with Gasteiger partial charge in [-0.25, -0.2) is 0 Å². The average molecular weight is 314 g/mol. The van der Waals surface area contributed by atoms with E-state index in [0.717, 1.165) is 19.5 Å². The first-order chi connectivity index (χ1) is 7.73. The quantitative estimate of drug-likeness (QED) is 0.845. The van der Waals surface area contributed by atoms with E-state index in [1.807, 2.05) is 25.7 Å². The number of carbonyl (C=O) groups excluding carboxylic acids is 1. The smallest absolute Gasteiger partial charge is 0.240 e. The Bertz CT molecular complexity index is 280. The number of piperidine rings is 1. The summed E-state index contributed by atoms with van der Waals surface area (Å²) in [5.41, 5.74) is 5.88. The Morgan fingerprint density at radius 2 is 1.84 bits per heavy atom. The third-order valence-electron chi connectivity index (χ3n) is 3.64. The standard InChI is InChI=1S/C13H27N3O.2ClH/c1-13(2,3)11(14)12(17)16-8-6-7-10(9-16)15(4)5;;/h10-11H,6-9,14H2,1-5H3;2*1H/t10?,11-;;/m1../s1. The normalized spacial score (nSPS) is 21.4. The van der Waals surface area contributed by atoms with Crippen molar-refractivity contribution in [3.63, 3.8) is 0 Å². The molecule has 1 fully saturated rings. The fraction of sp³-hybridized carbons (Fsp3) is 0.923. The summed E-state index contributed by atoms with van der Waals surface area (Å²) in [6.45, 7) is 7.72. The molecule has 1 heterocycles. The van der Waals surface area contributed by atoms with Gasteiger partial charge in [-0.05, 0) is 32.4 Å². The summed E-state index contributed by atoms with van der Waals surface area (Å²) in [5.74, 6) is 0.101. The van der Waals surface area contributed by atoms with Crippen LogP contribution in [0.2, 0.25) is 0 Å². The van der Waals surface area contributed by atoms with Gasteiger partial charge in [-0.1, -0.05) is 20.8 Å². The lowest BCUT2D eigenvalue weighted by atomic mass is 9.86. The maximum atomic E-state index is 12.3. The molecule has 0 aromatic heterocycles. The van der Waals surface area contributed by atoms with Crippen molar-refractivity contribution in [2.45, 2.75) is 45.7 Å². The predicted octanol–water partition coefficient (Wildman–Crippen LogP) is 1.76. The summed E-state index contributed by atoms with van der Waals surface area (Å²) >= 11 is 0. The zero-order valence-electron chi connectivity index (χ0n) is 12.7. The van der Waals surface area contributed by atoms with Crippen molar-refractivity contribution < 1.29 is 4.79 Å². The van der Waals surface area contributed by atoms with Gasteiger partial charge >= 0.3 is 0 Å². The van der Waals surface area contributed by atoms with Crippen LogP contribution in [0.15, 0.2) is 0 Å². The second-order valence-corrected chi connectivity index (χ2v) is 6.39. The van der Waals surface area contributed by atoms with Gasteiger partial charge < -0.3 is 15.5 Å². The molecular formula is C13H29Cl2N3O. The molecule has 0 radical (unpaired) electrons. The first kappa shape index (κ1) is 21.3. The monoisotopic (exact) mass is 313 g/mol. The Labute approximate surface area is 129 Å². The molecule has 1 unspecified atom stereocenters. The summed E-state index contributed by atoms with van der Waals surface area (Å²) in [6, 6.07) is 0.0725. The van der Waals surface area contributed by atoms with Gasteiger partial charge in [0.1, 0.15) is 0 Å². The highest BCUT2D eigenvalue weighted by molar-refractivity contribution is 5.85. The predicted molar refractivity (Wildman–Crippen MR) is 85.2 cm³/mol. The van der Waals surface area contributed by atoms with Crippen molar-refractivity contribution in [3.8, 4) is 0 Å². The van der Waals surface area contributed by atoms with E-state index < -0.39 is 6.04 Å². The summed E-state index contributed by atoms with van der Waals surface area (Å²) in [4.78, 5) is 16.4. The molecule has 6 heteroatoms. The van der Waals surface area contributed by atoms with Crippen molar-refractivity contribution >= 4 is 30.7 Å². The highest BCUT2D eigenvalue weighted by Gasteiger charge is 2.33. The number of nitrogens with two attached hydrogens (primary N) is 1. The van der Waals surface area contributed by atoms with Crippen molar-refractivity contribution in [2.75, 3.05) is 27.2 Å². The summed E-state index contributed by atoms with van der Waals surface area (Å²) < 4.78 is 0. The summed E-state index contributed by atoms with van der Waals surface area (Å²) in [7, 11) is 4.14. The van der Waals surface area contributed by atoms with E-state index in [0.29, 0.717) is 6.04 Å². The number of rotatable bonds is 2. The Hall–Kier alpha value is -0.0300. The third-order valence-corrected chi connectivity index (χ3v) is 3.64. The van der Waals surface area contributed by atoms with Gasteiger partial charge in [0.25, 0.3) is 0 Å². The van der Waals surface area contributed by atoms with Gasteiger partial charge in [-0.15, -0.1) is 24.8 Å². The van der Waals surface area contributed by atoms with Crippen LogP contribution in [0.5, 0.6) is 0 Å². The number of amides is 1. The number of likely N-dealkylation sites (N-methyl/N-ethyl adjacent to an activating group) is 1. The molecule has 1 amide bonds. The Morgan fingerprint density at radius 3 is 2.26 bits per heavy atom. The molecule has 0 saturated carbocycles. The second kappa shape index (κ2) is 8.30. The summed E-state index contributed by atoms with van der Waals surface area (Å²) in [6.07, 6.45) is 2.24. The van der Waals surface area contributed by atoms with Crippen molar-refractivity contribution in [2.24, 2.45) is 11.1 Å². The lowest BCUT2D eigenvalue weighted by Crippen LogP contribution is -2.55. The Morgan fingerprint density at radius 1 is 1.32 bits per heavy atom. The zero-order valence-corrected chi connectivity index (χ0v) is 14.3. The van der Waals surface area contributed by atoms with Gasteiger partial charge in [0.2, 0.25) is 5.91 Å². The van der Waals surface area contributed by atoms with Crippen LogP contribution in [0.3, 0.4) is 0 Å². The van der Waals surface area contributed by atoms with Gasteiger partial charge in [0.15, 0.2) is 0 Å². The van der Waals surface area contributed by atoms with E-state index in [4.69, 9.17) is 5.73 Å². The average Bonchev–Trinajstić information content (AvgIpc) is 2.26. The number of nitrogens with zero attached hydrogens (tertiary/aromatic N) is 2. The number of hydrogen-bond donors (Lipinski definition) is 1. The minimum absolute atomic E-state index is 0. The van der Waals surface area contributed by atoms with Crippen LogP contribution in [0.1, 0.15) is 33.6 Å². The minimum Gasteiger partial charge on any atom is -0.340 e. The topological polar surface area (TPSA) is 49.6 Å².